The summed E-state index contributed by atoms with van der Waals surface area (Å²) in [6, 6.07) is 3.45. The highest BCUT2D eigenvalue weighted by molar-refractivity contribution is 7.60. The summed E-state index contributed by atoms with van der Waals surface area (Å²) in [7, 11) is -0.0352. The lowest BCUT2D eigenvalue weighted by Crippen LogP contribution is -2.07. The summed E-state index contributed by atoms with van der Waals surface area (Å²) in [5.74, 6) is -0.758. The van der Waals surface area contributed by atoms with E-state index in [1.807, 2.05) is 0 Å². The minimum Gasteiger partial charge on any atom is -0.465 e. The van der Waals surface area contributed by atoms with Crippen molar-refractivity contribution >= 4 is 19.6 Å². The maximum atomic E-state index is 12.2. The minimum absolute atomic E-state index is 0.160. The van der Waals surface area contributed by atoms with E-state index in [9.17, 15) is 9.36 Å². The van der Waals surface area contributed by atoms with Gasteiger partial charge in [-0.2, -0.15) is 0 Å². The number of nitrogens with one attached hydrogen (secondary N) is 1. The van der Waals surface area contributed by atoms with Crippen LogP contribution < -0.4 is 0 Å². The highest BCUT2D eigenvalue weighted by Crippen LogP contribution is 2.55. The molecule has 0 spiro atoms. The summed E-state index contributed by atoms with van der Waals surface area (Å²) in [4.78, 5) is 14.4. The van der Waals surface area contributed by atoms with Crippen molar-refractivity contribution in [1.29, 1.82) is 0 Å². The molecular formula is C10H14NO5P. The Labute approximate surface area is 99.1 Å². The zero-order valence-electron chi connectivity index (χ0n) is 9.80. The summed E-state index contributed by atoms with van der Waals surface area (Å²) < 4.78 is 26.3. The minimum atomic E-state index is -3.64. The predicted octanol–water partition coefficient (Wildman–Crippen LogP) is 2.01. The molecule has 1 aromatic heterocycles. The van der Waals surface area contributed by atoms with Crippen molar-refractivity contribution in [2.24, 2.45) is 0 Å². The molecule has 1 aromatic rings. The van der Waals surface area contributed by atoms with Gasteiger partial charge in [0.2, 0.25) is 0 Å². The van der Waals surface area contributed by atoms with Crippen LogP contribution in [-0.4, -0.2) is 32.3 Å². The molecule has 0 aliphatic heterocycles. The first-order chi connectivity index (χ1) is 8.07. The number of carbonyl (C=O) groups excluding carboxylic acids is 1. The Balaban J connectivity index is 3.22. The van der Waals surface area contributed by atoms with E-state index in [2.05, 4.69) is 9.72 Å². The Bertz CT molecular complexity index is 443. The zero-order valence-corrected chi connectivity index (χ0v) is 10.7. The van der Waals surface area contributed by atoms with E-state index in [1.165, 1.54) is 27.4 Å². The van der Waals surface area contributed by atoms with Crippen LogP contribution >= 0.6 is 7.60 Å². The van der Waals surface area contributed by atoms with Crippen LogP contribution in [0.4, 0.5) is 0 Å². The van der Waals surface area contributed by atoms with Gasteiger partial charge in [-0.15, -0.1) is 0 Å². The fourth-order valence-corrected chi connectivity index (χ4v) is 2.36. The van der Waals surface area contributed by atoms with Gasteiger partial charge in [-0.1, -0.05) is 0 Å². The molecule has 0 fully saturated rings. The highest BCUT2D eigenvalue weighted by atomic mass is 31.2. The molecule has 0 aromatic carbocycles. The maximum Gasteiger partial charge on any atom is 0.368 e. The van der Waals surface area contributed by atoms with Crippen molar-refractivity contribution in [2.75, 3.05) is 21.3 Å². The third-order valence-electron chi connectivity index (χ3n) is 2.08. The van der Waals surface area contributed by atoms with Crippen LogP contribution in [0.2, 0.25) is 0 Å². The molecular weight excluding hydrogens is 245 g/mol. The van der Waals surface area contributed by atoms with Gasteiger partial charge in [0.1, 0.15) is 0 Å². The second kappa shape index (κ2) is 5.82. The van der Waals surface area contributed by atoms with Crippen molar-refractivity contribution in [3.63, 3.8) is 0 Å². The third kappa shape index (κ3) is 3.06. The zero-order chi connectivity index (χ0) is 12.9. The number of carbonyl (C=O) groups is 1. The first kappa shape index (κ1) is 13.7. The van der Waals surface area contributed by atoms with E-state index in [1.54, 1.807) is 18.3 Å². The molecule has 1 heterocycles. The Morgan fingerprint density at radius 3 is 2.41 bits per heavy atom. The summed E-state index contributed by atoms with van der Waals surface area (Å²) in [6.45, 7) is 0. The standard InChI is InChI=1S/C10H14NO5P/c1-14-10(12)9(17(13,15-2)16-3)7-8-5-4-6-11-8/h4-7,11H,1-3H3/b9-7+. The van der Waals surface area contributed by atoms with Crippen LogP contribution in [0.25, 0.3) is 6.08 Å². The normalized spacial score (nSPS) is 12.5. The number of H-pyrrole nitrogens is 1. The molecule has 0 saturated carbocycles. The van der Waals surface area contributed by atoms with Gasteiger partial charge < -0.3 is 18.8 Å². The summed E-state index contributed by atoms with van der Waals surface area (Å²) in [6.07, 6.45) is 3.05. The SMILES string of the molecule is COC(=O)/C(=C\c1ccc[nH]1)P(=O)(OC)OC. The third-order valence-corrected chi connectivity index (χ3v) is 3.95. The number of aromatic nitrogens is 1. The number of esters is 1. The van der Waals surface area contributed by atoms with Crippen molar-refractivity contribution in [2.45, 2.75) is 0 Å². The van der Waals surface area contributed by atoms with Crippen LogP contribution in [0.5, 0.6) is 0 Å². The largest absolute Gasteiger partial charge is 0.465 e. The number of hydrogen-bond donors (Lipinski definition) is 1. The van der Waals surface area contributed by atoms with E-state index < -0.39 is 13.6 Å². The lowest BCUT2D eigenvalue weighted by Gasteiger charge is -2.15. The fourth-order valence-electron chi connectivity index (χ4n) is 1.21. The van der Waals surface area contributed by atoms with Gasteiger partial charge in [-0.05, 0) is 18.2 Å². The van der Waals surface area contributed by atoms with Crippen LogP contribution in [0.1, 0.15) is 5.69 Å². The summed E-state index contributed by atoms with van der Waals surface area (Å²) >= 11 is 0. The topological polar surface area (TPSA) is 77.6 Å². The number of aromatic amines is 1. The predicted molar refractivity (Wildman–Crippen MR) is 62.4 cm³/mol. The number of rotatable bonds is 5. The van der Waals surface area contributed by atoms with Gasteiger partial charge in [-0.25, -0.2) is 4.79 Å². The number of hydrogen-bond acceptors (Lipinski definition) is 5. The van der Waals surface area contributed by atoms with E-state index in [0.717, 1.165) is 0 Å². The molecule has 0 atom stereocenters. The second-order valence-corrected chi connectivity index (χ2v) is 5.22. The smallest absolute Gasteiger partial charge is 0.368 e. The van der Waals surface area contributed by atoms with Crippen LogP contribution in [0.15, 0.2) is 23.6 Å². The molecule has 0 aliphatic rings. The lowest BCUT2D eigenvalue weighted by molar-refractivity contribution is -0.135. The van der Waals surface area contributed by atoms with E-state index in [-0.39, 0.29) is 5.31 Å². The molecule has 17 heavy (non-hydrogen) atoms. The van der Waals surface area contributed by atoms with Crippen LogP contribution in [0, 0.1) is 0 Å². The molecule has 6 nitrogen and oxygen atoms in total. The van der Waals surface area contributed by atoms with E-state index in [4.69, 9.17) is 9.05 Å². The molecule has 0 unspecified atom stereocenters. The molecule has 94 valence electrons. The molecule has 0 saturated heterocycles. The van der Waals surface area contributed by atoms with Crippen molar-refractivity contribution in [3.05, 3.63) is 29.3 Å². The molecule has 0 amide bonds. The average Bonchev–Trinajstić information content (AvgIpc) is 2.87. The summed E-state index contributed by atoms with van der Waals surface area (Å²) in [5.41, 5.74) is 0.597. The van der Waals surface area contributed by atoms with Gasteiger partial charge in [0, 0.05) is 26.1 Å². The molecule has 1 rings (SSSR count). The Hall–Kier alpha value is -1.36. The van der Waals surface area contributed by atoms with Crippen molar-refractivity contribution < 1.29 is 23.1 Å². The molecule has 0 radical (unpaired) electrons. The molecule has 7 heteroatoms. The fraction of sp³-hybridized carbons (Fsp3) is 0.300. The lowest BCUT2D eigenvalue weighted by atomic mass is 10.4. The van der Waals surface area contributed by atoms with E-state index in [0.29, 0.717) is 5.69 Å². The van der Waals surface area contributed by atoms with Crippen LogP contribution in [-0.2, 0) is 23.1 Å². The van der Waals surface area contributed by atoms with Gasteiger partial charge in [0.05, 0.1) is 7.11 Å². The summed E-state index contributed by atoms with van der Waals surface area (Å²) in [5, 5.41) is -0.160. The first-order valence-corrected chi connectivity index (χ1v) is 6.27. The van der Waals surface area contributed by atoms with Crippen molar-refractivity contribution in [1.82, 2.24) is 4.98 Å². The van der Waals surface area contributed by atoms with Gasteiger partial charge in [0.15, 0.2) is 5.31 Å². The van der Waals surface area contributed by atoms with Crippen LogP contribution in [0.3, 0.4) is 0 Å². The molecule has 1 N–H and O–H groups in total. The first-order valence-electron chi connectivity index (χ1n) is 4.73. The monoisotopic (exact) mass is 259 g/mol. The number of ether oxygens (including phenoxy) is 1. The van der Waals surface area contributed by atoms with Gasteiger partial charge in [0.25, 0.3) is 0 Å². The Morgan fingerprint density at radius 1 is 1.35 bits per heavy atom. The molecule has 0 bridgehead atoms. The molecule has 0 aliphatic carbocycles. The Morgan fingerprint density at radius 2 is 2.00 bits per heavy atom. The van der Waals surface area contributed by atoms with E-state index >= 15 is 0 Å². The van der Waals surface area contributed by atoms with Gasteiger partial charge in [-0.3, -0.25) is 4.57 Å². The quantitative estimate of drug-likeness (QED) is 0.497. The number of methoxy groups -OCH3 is 1. The van der Waals surface area contributed by atoms with Gasteiger partial charge >= 0.3 is 13.6 Å². The highest BCUT2D eigenvalue weighted by Gasteiger charge is 2.34. The van der Waals surface area contributed by atoms with Crippen molar-refractivity contribution in [3.8, 4) is 0 Å². The maximum absolute atomic E-state index is 12.2. The average molecular weight is 259 g/mol. The second-order valence-electron chi connectivity index (χ2n) is 3.01. The Kier molecular flexibility index (Phi) is 4.69.